The van der Waals surface area contributed by atoms with Gasteiger partial charge in [0.2, 0.25) is 0 Å². The summed E-state index contributed by atoms with van der Waals surface area (Å²) in [5.41, 5.74) is 3.25. The van der Waals surface area contributed by atoms with Crippen LogP contribution in [-0.2, 0) is 0 Å². The number of rotatable bonds is 5. The Hall–Kier alpha value is -2.00. The van der Waals surface area contributed by atoms with Crippen LogP contribution in [0.3, 0.4) is 0 Å². The maximum atomic E-state index is 4.40. The van der Waals surface area contributed by atoms with Crippen molar-refractivity contribution in [3.63, 3.8) is 0 Å². The Balaban J connectivity index is 1.99. The number of likely N-dealkylation sites (N-methyl/N-ethyl adjacent to an activating group) is 1. The predicted molar refractivity (Wildman–Crippen MR) is 80.7 cm³/mol. The Bertz CT molecular complexity index is 515. The molecule has 0 saturated heterocycles. The van der Waals surface area contributed by atoms with E-state index in [1.807, 2.05) is 30.6 Å². The Morgan fingerprint density at radius 2 is 1.89 bits per heavy atom. The standard InChI is InChI=1S/C16H19N3/c1-19(2)12-11-17-13-14-6-8-15(9-7-14)16-5-3-4-10-18-16/h3-10,13H,11-12H2,1-2H3. The molecule has 0 N–H and O–H groups in total. The maximum absolute atomic E-state index is 4.40. The molecule has 0 amide bonds. The van der Waals surface area contributed by atoms with E-state index in [0.717, 1.165) is 29.9 Å². The number of benzene rings is 1. The summed E-state index contributed by atoms with van der Waals surface area (Å²) in [6, 6.07) is 14.2. The van der Waals surface area contributed by atoms with Gasteiger partial charge in [-0.1, -0.05) is 30.3 Å². The van der Waals surface area contributed by atoms with E-state index in [9.17, 15) is 0 Å². The molecule has 0 saturated carbocycles. The Kier molecular flexibility index (Phi) is 4.81. The van der Waals surface area contributed by atoms with Gasteiger partial charge in [0.25, 0.3) is 0 Å². The number of aromatic nitrogens is 1. The van der Waals surface area contributed by atoms with Crippen LogP contribution in [0.2, 0.25) is 0 Å². The lowest BCUT2D eigenvalue weighted by molar-refractivity contribution is 0.421. The first kappa shape index (κ1) is 13.4. The van der Waals surface area contributed by atoms with E-state index in [-0.39, 0.29) is 0 Å². The molecule has 1 aromatic heterocycles. The van der Waals surface area contributed by atoms with Crippen molar-refractivity contribution in [2.24, 2.45) is 4.99 Å². The molecule has 2 rings (SSSR count). The van der Waals surface area contributed by atoms with E-state index in [4.69, 9.17) is 0 Å². The van der Waals surface area contributed by atoms with Crippen LogP contribution in [0.1, 0.15) is 5.56 Å². The van der Waals surface area contributed by atoms with E-state index in [0.29, 0.717) is 0 Å². The zero-order valence-corrected chi connectivity index (χ0v) is 11.5. The fourth-order valence-corrected chi connectivity index (χ4v) is 1.70. The van der Waals surface area contributed by atoms with Gasteiger partial charge < -0.3 is 4.90 Å². The lowest BCUT2D eigenvalue weighted by Crippen LogP contribution is -2.15. The minimum atomic E-state index is 0.828. The fraction of sp³-hybridized carbons (Fsp3) is 0.250. The van der Waals surface area contributed by atoms with Gasteiger partial charge in [-0.2, -0.15) is 0 Å². The number of hydrogen-bond donors (Lipinski definition) is 0. The number of pyridine rings is 1. The molecule has 0 spiro atoms. The van der Waals surface area contributed by atoms with Crippen molar-refractivity contribution in [1.29, 1.82) is 0 Å². The predicted octanol–water partition coefficient (Wildman–Crippen LogP) is 2.73. The van der Waals surface area contributed by atoms with Gasteiger partial charge >= 0.3 is 0 Å². The molecule has 3 nitrogen and oxygen atoms in total. The van der Waals surface area contributed by atoms with Crippen molar-refractivity contribution in [2.45, 2.75) is 0 Å². The molecule has 0 fully saturated rings. The summed E-state index contributed by atoms with van der Waals surface area (Å²) < 4.78 is 0. The van der Waals surface area contributed by atoms with Crippen molar-refractivity contribution >= 4 is 6.21 Å². The molecule has 1 heterocycles. The van der Waals surface area contributed by atoms with Gasteiger partial charge in [-0.15, -0.1) is 0 Å². The van der Waals surface area contributed by atoms with E-state index >= 15 is 0 Å². The fourth-order valence-electron chi connectivity index (χ4n) is 1.70. The Morgan fingerprint density at radius 3 is 2.53 bits per heavy atom. The summed E-state index contributed by atoms with van der Waals surface area (Å²) >= 11 is 0. The summed E-state index contributed by atoms with van der Waals surface area (Å²) in [5, 5.41) is 0. The molecule has 0 atom stereocenters. The maximum Gasteiger partial charge on any atom is 0.0701 e. The SMILES string of the molecule is CN(C)CCN=Cc1ccc(-c2ccccn2)cc1. The summed E-state index contributed by atoms with van der Waals surface area (Å²) in [5.74, 6) is 0. The van der Waals surface area contributed by atoms with Crippen LogP contribution in [0.4, 0.5) is 0 Å². The molecule has 0 aliphatic carbocycles. The zero-order chi connectivity index (χ0) is 13.5. The van der Waals surface area contributed by atoms with E-state index in [1.165, 1.54) is 0 Å². The average molecular weight is 253 g/mol. The number of aliphatic imine (C=N–C) groups is 1. The highest BCUT2D eigenvalue weighted by Crippen LogP contribution is 2.16. The van der Waals surface area contributed by atoms with E-state index in [2.05, 4.69) is 53.2 Å². The number of hydrogen-bond acceptors (Lipinski definition) is 3. The van der Waals surface area contributed by atoms with Crippen molar-refractivity contribution in [3.05, 3.63) is 54.2 Å². The van der Waals surface area contributed by atoms with Crippen LogP contribution in [0.15, 0.2) is 53.7 Å². The van der Waals surface area contributed by atoms with Gasteiger partial charge in [0.1, 0.15) is 0 Å². The smallest absolute Gasteiger partial charge is 0.0701 e. The van der Waals surface area contributed by atoms with Crippen molar-refractivity contribution < 1.29 is 0 Å². The first-order valence-corrected chi connectivity index (χ1v) is 6.42. The third kappa shape index (κ3) is 4.30. The second-order valence-corrected chi connectivity index (χ2v) is 4.68. The molecule has 0 bridgehead atoms. The van der Waals surface area contributed by atoms with Crippen LogP contribution in [0, 0.1) is 0 Å². The lowest BCUT2D eigenvalue weighted by Gasteiger charge is -2.05. The first-order chi connectivity index (χ1) is 9.25. The van der Waals surface area contributed by atoms with Crippen LogP contribution < -0.4 is 0 Å². The molecule has 98 valence electrons. The number of nitrogens with zero attached hydrogens (tertiary/aromatic N) is 3. The molecule has 19 heavy (non-hydrogen) atoms. The van der Waals surface area contributed by atoms with Crippen molar-refractivity contribution in [3.8, 4) is 11.3 Å². The van der Waals surface area contributed by atoms with Crippen LogP contribution in [0.5, 0.6) is 0 Å². The second kappa shape index (κ2) is 6.81. The van der Waals surface area contributed by atoms with Crippen LogP contribution in [-0.4, -0.2) is 43.3 Å². The summed E-state index contributed by atoms with van der Waals surface area (Å²) in [6.07, 6.45) is 3.73. The topological polar surface area (TPSA) is 28.5 Å². The summed E-state index contributed by atoms with van der Waals surface area (Å²) in [7, 11) is 4.11. The molecule has 1 aromatic carbocycles. The molecule has 0 radical (unpaired) electrons. The van der Waals surface area contributed by atoms with Gasteiger partial charge in [0, 0.05) is 24.5 Å². The Labute approximate surface area is 114 Å². The van der Waals surface area contributed by atoms with Gasteiger partial charge in [-0.05, 0) is 31.8 Å². The lowest BCUT2D eigenvalue weighted by atomic mass is 10.1. The highest BCUT2D eigenvalue weighted by Gasteiger charge is 1.97. The minimum absolute atomic E-state index is 0.828. The summed E-state index contributed by atoms with van der Waals surface area (Å²) in [4.78, 5) is 10.9. The average Bonchev–Trinajstić information content (AvgIpc) is 2.45. The molecule has 0 aliphatic heterocycles. The van der Waals surface area contributed by atoms with E-state index in [1.54, 1.807) is 0 Å². The highest BCUT2D eigenvalue weighted by molar-refractivity contribution is 5.80. The first-order valence-electron chi connectivity index (χ1n) is 6.42. The second-order valence-electron chi connectivity index (χ2n) is 4.68. The highest BCUT2D eigenvalue weighted by atomic mass is 15.1. The third-order valence-corrected chi connectivity index (χ3v) is 2.79. The van der Waals surface area contributed by atoms with Gasteiger partial charge in [0.15, 0.2) is 0 Å². The van der Waals surface area contributed by atoms with Crippen LogP contribution in [0.25, 0.3) is 11.3 Å². The molecule has 2 aromatic rings. The van der Waals surface area contributed by atoms with Crippen LogP contribution >= 0.6 is 0 Å². The molecule has 3 heteroatoms. The van der Waals surface area contributed by atoms with Gasteiger partial charge in [-0.3, -0.25) is 9.98 Å². The zero-order valence-electron chi connectivity index (χ0n) is 11.5. The van der Waals surface area contributed by atoms with Crippen molar-refractivity contribution in [2.75, 3.05) is 27.2 Å². The third-order valence-electron chi connectivity index (χ3n) is 2.79. The van der Waals surface area contributed by atoms with Gasteiger partial charge in [-0.25, -0.2) is 0 Å². The van der Waals surface area contributed by atoms with Gasteiger partial charge in [0.05, 0.1) is 12.2 Å². The molecule has 0 aliphatic rings. The van der Waals surface area contributed by atoms with Crippen molar-refractivity contribution in [1.82, 2.24) is 9.88 Å². The Morgan fingerprint density at radius 1 is 1.11 bits per heavy atom. The van der Waals surface area contributed by atoms with E-state index < -0.39 is 0 Å². The quantitative estimate of drug-likeness (QED) is 0.767. The molecule has 0 unspecified atom stereocenters. The monoisotopic (exact) mass is 253 g/mol. The summed E-state index contributed by atoms with van der Waals surface area (Å²) in [6.45, 7) is 1.80. The molecular formula is C16H19N3. The minimum Gasteiger partial charge on any atom is -0.308 e. The largest absolute Gasteiger partial charge is 0.308 e. The normalized spacial score (nSPS) is 11.3. The molecular weight excluding hydrogens is 234 g/mol.